The van der Waals surface area contributed by atoms with Crippen LogP contribution >= 0.6 is 11.6 Å². The van der Waals surface area contributed by atoms with Gasteiger partial charge in [0.25, 0.3) is 0 Å². The average Bonchev–Trinajstić information content (AvgIpc) is 3.16. The molecule has 0 bridgehead atoms. The fraction of sp³-hybridized carbons (Fsp3) is 0.231. The molecule has 6 nitrogen and oxygen atoms in total. The van der Waals surface area contributed by atoms with Crippen LogP contribution in [0.25, 0.3) is 32.9 Å². The minimum atomic E-state index is -0.616. The summed E-state index contributed by atoms with van der Waals surface area (Å²) in [5.74, 6) is -0.256. The summed E-state index contributed by atoms with van der Waals surface area (Å²) in [6.07, 6.45) is 3.69. The Labute approximate surface area is 204 Å². The van der Waals surface area contributed by atoms with Gasteiger partial charge in [-0.15, -0.1) is 0 Å². The Balaban J connectivity index is 1.48. The molecule has 9 heteroatoms. The van der Waals surface area contributed by atoms with Crippen LogP contribution < -0.4 is 4.90 Å². The van der Waals surface area contributed by atoms with Crippen LogP contribution in [-0.4, -0.2) is 50.9 Å². The number of likely N-dealkylation sites (tertiary alicyclic amines) is 1. The van der Waals surface area contributed by atoms with Crippen molar-refractivity contribution in [2.45, 2.75) is 25.4 Å². The first-order valence-electron chi connectivity index (χ1n) is 11.3. The van der Waals surface area contributed by atoms with E-state index in [0.717, 1.165) is 6.42 Å². The lowest BCUT2D eigenvalue weighted by atomic mass is 9.97. The second-order valence-electron chi connectivity index (χ2n) is 8.85. The molecule has 2 aromatic carbocycles. The number of hydrogen-bond donors (Lipinski definition) is 0. The molecule has 4 aromatic rings. The van der Waals surface area contributed by atoms with Gasteiger partial charge in [-0.3, -0.25) is 9.78 Å². The summed E-state index contributed by atoms with van der Waals surface area (Å²) in [7, 11) is 0. The van der Waals surface area contributed by atoms with Crippen molar-refractivity contribution in [3.63, 3.8) is 0 Å². The summed E-state index contributed by atoms with van der Waals surface area (Å²) in [5.41, 5.74) is 0.581. The molecule has 35 heavy (non-hydrogen) atoms. The highest BCUT2D eigenvalue weighted by Crippen LogP contribution is 2.40. The number of amides is 1. The molecule has 2 aliphatic rings. The quantitative estimate of drug-likeness (QED) is 0.375. The molecule has 0 aliphatic carbocycles. The van der Waals surface area contributed by atoms with Crippen molar-refractivity contribution < 1.29 is 13.6 Å². The molecule has 0 radical (unpaired) electrons. The molecule has 176 valence electrons. The average molecular weight is 492 g/mol. The molecular formula is C26H20ClF2N5O. The summed E-state index contributed by atoms with van der Waals surface area (Å²) < 4.78 is 30.2. The van der Waals surface area contributed by atoms with Crippen LogP contribution in [-0.2, 0) is 4.79 Å². The Kier molecular flexibility index (Phi) is 4.96. The number of aryl methyl sites for hydroxylation is 1. The van der Waals surface area contributed by atoms with Gasteiger partial charge >= 0.3 is 0 Å². The number of rotatable bonds is 3. The van der Waals surface area contributed by atoms with E-state index in [4.69, 9.17) is 11.6 Å². The standard InChI is InChI=1S/C26H20ClF2N5O/c1-3-20(35)34-12-19-18(34)9-10-33(19)26-16-11-30-24(23(29)25(16)31-13(2)32-26)15-6-4-5-14-7-8-17(28)22(27)21(14)15/h3-8,11,18-19H,1,9-10,12H2,2H3/t18-,19-/m1/s1. The van der Waals surface area contributed by atoms with Crippen LogP contribution in [0.2, 0.25) is 5.02 Å². The van der Waals surface area contributed by atoms with Crippen molar-refractivity contribution in [3.8, 4) is 11.3 Å². The SMILES string of the molecule is C=CC(=O)N1C[C@@H]2[C@H]1CCN2c1nc(C)nc2c(F)c(-c3cccc4ccc(F)c(Cl)c34)ncc12. The maximum absolute atomic E-state index is 16.0. The Morgan fingerprint density at radius 3 is 2.83 bits per heavy atom. The number of fused-ring (bicyclic) bond motifs is 3. The first-order chi connectivity index (χ1) is 16.9. The van der Waals surface area contributed by atoms with Crippen LogP contribution in [0.5, 0.6) is 0 Å². The molecule has 2 saturated heterocycles. The molecule has 2 aliphatic heterocycles. The highest BCUT2D eigenvalue weighted by molar-refractivity contribution is 6.36. The number of anilines is 1. The first-order valence-corrected chi connectivity index (χ1v) is 11.7. The van der Waals surface area contributed by atoms with Crippen molar-refractivity contribution >= 4 is 45.0 Å². The van der Waals surface area contributed by atoms with Gasteiger partial charge in [0.1, 0.15) is 28.7 Å². The second kappa shape index (κ2) is 7.95. The van der Waals surface area contributed by atoms with Crippen LogP contribution in [0.3, 0.4) is 0 Å². The minimum Gasteiger partial charge on any atom is -0.349 e. The van der Waals surface area contributed by atoms with Crippen LogP contribution in [0, 0.1) is 18.6 Å². The number of halogens is 3. The largest absolute Gasteiger partial charge is 0.349 e. The van der Waals surface area contributed by atoms with E-state index >= 15 is 4.39 Å². The topological polar surface area (TPSA) is 62.2 Å². The molecule has 6 rings (SSSR count). The molecule has 1 amide bonds. The van der Waals surface area contributed by atoms with Crippen molar-refractivity contribution in [2.24, 2.45) is 0 Å². The number of aromatic nitrogens is 3. The Morgan fingerprint density at radius 1 is 1.20 bits per heavy atom. The van der Waals surface area contributed by atoms with Gasteiger partial charge in [-0.25, -0.2) is 18.7 Å². The summed E-state index contributed by atoms with van der Waals surface area (Å²) in [6, 6.07) is 8.28. The number of hydrogen-bond acceptors (Lipinski definition) is 5. The smallest absolute Gasteiger partial charge is 0.246 e. The van der Waals surface area contributed by atoms with Crippen LogP contribution in [0.15, 0.2) is 49.2 Å². The van der Waals surface area contributed by atoms with E-state index in [0.29, 0.717) is 46.5 Å². The maximum atomic E-state index is 16.0. The van der Waals surface area contributed by atoms with Gasteiger partial charge < -0.3 is 9.80 Å². The van der Waals surface area contributed by atoms with E-state index in [1.165, 1.54) is 12.1 Å². The minimum absolute atomic E-state index is 0.0466. The van der Waals surface area contributed by atoms with E-state index < -0.39 is 11.6 Å². The lowest BCUT2D eigenvalue weighted by Crippen LogP contribution is -2.63. The van der Waals surface area contributed by atoms with Gasteiger partial charge in [0.05, 0.1) is 22.5 Å². The van der Waals surface area contributed by atoms with Crippen molar-refractivity contribution in [1.29, 1.82) is 0 Å². The summed E-state index contributed by atoms with van der Waals surface area (Å²) >= 11 is 6.28. The number of nitrogens with zero attached hydrogens (tertiary/aromatic N) is 5. The number of benzene rings is 2. The number of carbonyl (C=O) groups excluding carboxylic acids is 1. The monoisotopic (exact) mass is 491 g/mol. The highest BCUT2D eigenvalue weighted by atomic mass is 35.5. The van der Waals surface area contributed by atoms with Gasteiger partial charge in [-0.1, -0.05) is 42.4 Å². The molecule has 0 unspecified atom stereocenters. The third-order valence-corrected chi connectivity index (χ3v) is 7.36. The third kappa shape index (κ3) is 3.20. The maximum Gasteiger partial charge on any atom is 0.246 e. The zero-order chi connectivity index (χ0) is 24.4. The molecule has 4 heterocycles. The summed E-state index contributed by atoms with van der Waals surface area (Å²) in [4.78, 5) is 29.4. The molecule has 0 saturated carbocycles. The summed E-state index contributed by atoms with van der Waals surface area (Å²) in [6.45, 7) is 6.54. The van der Waals surface area contributed by atoms with Crippen LogP contribution in [0.1, 0.15) is 12.2 Å². The number of carbonyl (C=O) groups is 1. The molecule has 2 atom stereocenters. The Hall–Kier alpha value is -3.65. The molecule has 2 fully saturated rings. The number of pyridine rings is 1. The zero-order valence-electron chi connectivity index (χ0n) is 18.8. The van der Waals surface area contributed by atoms with Gasteiger partial charge in [-0.2, -0.15) is 0 Å². The third-order valence-electron chi connectivity index (χ3n) is 6.99. The first kappa shape index (κ1) is 21.9. The molecular weight excluding hydrogens is 472 g/mol. The van der Waals surface area contributed by atoms with Gasteiger partial charge in [0, 0.05) is 30.2 Å². The Bertz CT molecular complexity index is 1560. The second-order valence-corrected chi connectivity index (χ2v) is 9.23. The highest BCUT2D eigenvalue weighted by Gasteiger charge is 2.49. The zero-order valence-corrected chi connectivity index (χ0v) is 19.6. The fourth-order valence-electron chi connectivity index (χ4n) is 5.32. The lowest BCUT2D eigenvalue weighted by molar-refractivity contribution is -0.133. The van der Waals surface area contributed by atoms with E-state index in [2.05, 4.69) is 26.4 Å². The molecule has 0 N–H and O–H groups in total. The predicted octanol–water partition coefficient (Wildman–Crippen LogP) is 5.06. The van der Waals surface area contributed by atoms with Crippen molar-refractivity contribution in [1.82, 2.24) is 19.9 Å². The predicted molar refractivity (Wildman–Crippen MR) is 131 cm³/mol. The molecule has 0 spiro atoms. The van der Waals surface area contributed by atoms with E-state index in [1.807, 2.05) is 0 Å². The van der Waals surface area contributed by atoms with Gasteiger partial charge in [-0.05, 0) is 30.9 Å². The summed E-state index contributed by atoms with van der Waals surface area (Å²) in [5, 5.41) is 1.49. The van der Waals surface area contributed by atoms with Gasteiger partial charge in [0.15, 0.2) is 5.82 Å². The van der Waals surface area contributed by atoms with E-state index in [-0.39, 0.29) is 34.2 Å². The fourth-order valence-corrected chi connectivity index (χ4v) is 5.59. The van der Waals surface area contributed by atoms with Crippen LogP contribution in [0.4, 0.5) is 14.6 Å². The molecule has 2 aromatic heterocycles. The van der Waals surface area contributed by atoms with Gasteiger partial charge in [0.2, 0.25) is 5.91 Å². The van der Waals surface area contributed by atoms with Crippen molar-refractivity contribution in [3.05, 3.63) is 71.7 Å². The van der Waals surface area contributed by atoms with E-state index in [9.17, 15) is 9.18 Å². The Morgan fingerprint density at radius 2 is 2.03 bits per heavy atom. The lowest BCUT2D eigenvalue weighted by Gasteiger charge is -2.46. The van der Waals surface area contributed by atoms with Crippen molar-refractivity contribution in [2.75, 3.05) is 18.0 Å². The van der Waals surface area contributed by atoms with E-state index in [1.54, 1.807) is 42.3 Å². The normalized spacial score (nSPS) is 19.2.